The minimum atomic E-state index is -5.08. The topological polar surface area (TPSA) is 105 Å². The summed E-state index contributed by atoms with van der Waals surface area (Å²) >= 11 is 7.75. The Morgan fingerprint density at radius 2 is 2.00 bits per heavy atom. The number of aliphatic carboxylic acids is 1. The second-order valence-corrected chi connectivity index (χ2v) is 7.76. The molecule has 0 unspecified atom stereocenters. The molecule has 1 aliphatic rings. The van der Waals surface area contributed by atoms with E-state index in [0.29, 0.717) is 17.0 Å². The van der Waals surface area contributed by atoms with Gasteiger partial charge in [-0.05, 0) is 30.0 Å². The molecule has 1 fully saturated rings. The van der Waals surface area contributed by atoms with Crippen molar-refractivity contribution in [3.63, 3.8) is 0 Å². The number of thiophene rings is 1. The van der Waals surface area contributed by atoms with Gasteiger partial charge in [0.2, 0.25) is 5.28 Å². The summed E-state index contributed by atoms with van der Waals surface area (Å²) < 4.78 is 35.0. The number of carboxylic acids is 1. The molecule has 4 heterocycles. The van der Waals surface area contributed by atoms with Gasteiger partial charge in [-0.2, -0.15) is 34.5 Å². The Bertz CT molecular complexity index is 1250. The van der Waals surface area contributed by atoms with Gasteiger partial charge < -0.3 is 15.3 Å². The second kappa shape index (κ2) is 10.2. The average molecular weight is 503 g/mol. The molecule has 2 N–H and O–H groups in total. The first-order valence-corrected chi connectivity index (χ1v) is 10.8. The van der Waals surface area contributed by atoms with Gasteiger partial charge in [0.1, 0.15) is 5.52 Å². The van der Waals surface area contributed by atoms with Crippen molar-refractivity contribution in [2.75, 3.05) is 31.1 Å². The van der Waals surface area contributed by atoms with Crippen LogP contribution in [0.3, 0.4) is 0 Å². The number of carbonyl (C=O) groups is 1. The summed E-state index contributed by atoms with van der Waals surface area (Å²) in [6, 6.07) is 1.89. The first kappa shape index (κ1) is 24.6. The van der Waals surface area contributed by atoms with Gasteiger partial charge in [0.05, 0.1) is 12.2 Å². The molecule has 0 spiro atoms. The predicted molar refractivity (Wildman–Crippen MR) is 118 cm³/mol. The Kier molecular flexibility index (Phi) is 7.62. The van der Waals surface area contributed by atoms with Crippen molar-refractivity contribution in [3.05, 3.63) is 32.6 Å². The maximum atomic E-state index is 13.2. The number of halogens is 4. The quantitative estimate of drug-likeness (QED) is 0.418. The zero-order chi connectivity index (χ0) is 24.2. The number of hydrogen-bond donors (Lipinski definition) is 2. The van der Waals surface area contributed by atoms with Crippen molar-refractivity contribution >= 4 is 45.9 Å². The number of anilines is 1. The van der Waals surface area contributed by atoms with E-state index in [4.69, 9.17) is 21.5 Å². The van der Waals surface area contributed by atoms with Crippen LogP contribution in [0.1, 0.15) is 6.92 Å². The molecule has 0 aromatic carbocycles. The van der Waals surface area contributed by atoms with Crippen LogP contribution in [0.15, 0.2) is 21.6 Å². The molecule has 0 aliphatic carbocycles. The SMILES string of the molecule is CC#CCn1c(=O)n(-c2ccsc2)c2nc(Cl)nc(N3CCNCC3)c21.O=C(O)C(F)(F)F. The molecule has 3 aromatic rings. The number of rotatable bonds is 3. The van der Waals surface area contributed by atoms with Crippen LogP contribution in [0.5, 0.6) is 0 Å². The van der Waals surface area contributed by atoms with Crippen molar-refractivity contribution < 1.29 is 23.1 Å². The van der Waals surface area contributed by atoms with Gasteiger partial charge >= 0.3 is 17.8 Å². The van der Waals surface area contributed by atoms with E-state index in [1.54, 1.807) is 16.1 Å². The number of aromatic nitrogens is 4. The third kappa shape index (κ3) is 5.47. The fraction of sp³-hybridized carbons (Fsp3) is 0.368. The first-order chi connectivity index (χ1) is 15.6. The van der Waals surface area contributed by atoms with Gasteiger partial charge in [-0.25, -0.2) is 14.2 Å². The predicted octanol–water partition coefficient (Wildman–Crippen LogP) is 2.36. The summed E-state index contributed by atoms with van der Waals surface area (Å²) in [6.45, 7) is 5.33. The summed E-state index contributed by atoms with van der Waals surface area (Å²) in [4.78, 5) is 33.0. The molecule has 1 saturated heterocycles. The number of imidazole rings is 1. The molecule has 0 saturated carbocycles. The van der Waals surface area contributed by atoms with Crippen LogP contribution in [0.2, 0.25) is 5.28 Å². The summed E-state index contributed by atoms with van der Waals surface area (Å²) in [7, 11) is 0. The molecule has 9 nitrogen and oxygen atoms in total. The average Bonchev–Trinajstić information content (AvgIpc) is 3.38. The van der Waals surface area contributed by atoms with Crippen LogP contribution >= 0.6 is 22.9 Å². The molecule has 0 atom stereocenters. The van der Waals surface area contributed by atoms with E-state index in [1.807, 2.05) is 16.8 Å². The molecule has 176 valence electrons. The fourth-order valence-corrected chi connectivity index (χ4v) is 3.91. The lowest BCUT2D eigenvalue weighted by Crippen LogP contribution is -2.44. The van der Waals surface area contributed by atoms with Crippen molar-refractivity contribution in [2.24, 2.45) is 0 Å². The first-order valence-electron chi connectivity index (χ1n) is 9.52. The number of nitrogens with one attached hydrogen (secondary N) is 1. The Hall–Kier alpha value is -3.08. The van der Waals surface area contributed by atoms with Crippen LogP contribution in [0, 0.1) is 11.8 Å². The van der Waals surface area contributed by atoms with Crippen molar-refractivity contribution in [2.45, 2.75) is 19.6 Å². The summed E-state index contributed by atoms with van der Waals surface area (Å²) in [5.74, 6) is 3.77. The number of hydrogen-bond acceptors (Lipinski definition) is 7. The van der Waals surface area contributed by atoms with Crippen LogP contribution in [-0.4, -0.2) is 62.5 Å². The zero-order valence-electron chi connectivity index (χ0n) is 17.2. The fourth-order valence-electron chi connectivity index (χ4n) is 3.13. The molecule has 3 aromatic heterocycles. The van der Waals surface area contributed by atoms with Gasteiger partial charge in [0.15, 0.2) is 11.5 Å². The minimum Gasteiger partial charge on any atom is -0.475 e. The normalized spacial score (nSPS) is 13.8. The molecule has 4 rings (SSSR count). The van der Waals surface area contributed by atoms with Gasteiger partial charge in [0, 0.05) is 31.6 Å². The van der Waals surface area contributed by atoms with E-state index in [9.17, 15) is 18.0 Å². The number of alkyl halides is 3. The largest absolute Gasteiger partial charge is 0.490 e. The third-order valence-electron chi connectivity index (χ3n) is 4.56. The number of piperazine rings is 1. The van der Waals surface area contributed by atoms with Crippen LogP contribution in [-0.2, 0) is 11.3 Å². The highest BCUT2D eigenvalue weighted by molar-refractivity contribution is 7.08. The Morgan fingerprint density at radius 3 is 2.55 bits per heavy atom. The van der Waals surface area contributed by atoms with Gasteiger partial charge in [-0.15, -0.1) is 5.92 Å². The molecular formula is C19H18ClF3N6O3S. The van der Waals surface area contributed by atoms with E-state index in [2.05, 4.69) is 32.0 Å². The molecule has 1 aliphatic heterocycles. The molecule has 0 bridgehead atoms. The zero-order valence-corrected chi connectivity index (χ0v) is 18.8. The molecule has 14 heteroatoms. The minimum absolute atomic E-state index is 0.133. The van der Waals surface area contributed by atoms with Gasteiger partial charge in [0.25, 0.3) is 0 Å². The lowest BCUT2D eigenvalue weighted by Gasteiger charge is -2.28. The maximum absolute atomic E-state index is 13.2. The Morgan fingerprint density at radius 1 is 1.33 bits per heavy atom. The smallest absolute Gasteiger partial charge is 0.475 e. The number of nitrogens with zero attached hydrogens (tertiary/aromatic N) is 5. The van der Waals surface area contributed by atoms with Gasteiger partial charge in [-0.1, -0.05) is 5.92 Å². The molecule has 0 amide bonds. The summed E-state index contributed by atoms with van der Waals surface area (Å²) in [6.07, 6.45) is -5.08. The number of fused-ring (bicyclic) bond motifs is 1. The summed E-state index contributed by atoms with van der Waals surface area (Å²) in [5.41, 5.74) is 1.78. The van der Waals surface area contributed by atoms with E-state index < -0.39 is 12.1 Å². The van der Waals surface area contributed by atoms with Crippen molar-refractivity contribution in [1.82, 2.24) is 24.4 Å². The second-order valence-electron chi connectivity index (χ2n) is 6.64. The highest BCUT2D eigenvalue weighted by Crippen LogP contribution is 2.27. The maximum Gasteiger partial charge on any atom is 0.490 e. The lowest BCUT2D eigenvalue weighted by atomic mass is 10.3. The monoisotopic (exact) mass is 502 g/mol. The molecular weight excluding hydrogens is 485 g/mol. The van der Waals surface area contributed by atoms with Crippen molar-refractivity contribution in [1.29, 1.82) is 0 Å². The van der Waals surface area contributed by atoms with E-state index in [-0.39, 0.29) is 17.5 Å². The van der Waals surface area contributed by atoms with Crippen molar-refractivity contribution in [3.8, 4) is 17.5 Å². The van der Waals surface area contributed by atoms with E-state index in [1.165, 1.54) is 11.3 Å². The Balaban J connectivity index is 0.000000383. The van der Waals surface area contributed by atoms with Crippen LogP contribution in [0.4, 0.5) is 19.0 Å². The van der Waals surface area contributed by atoms with Crippen LogP contribution in [0.25, 0.3) is 16.9 Å². The molecule has 0 radical (unpaired) electrons. The van der Waals surface area contributed by atoms with E-state index in [0.717, 1.165) is 31.9 Å². The number of carboxylic acid groups (broad SMARTS) is 1. The standard InChI is InChI=1S/C17H17ClN6OS.C2HF3O2/c1-2-3-7-23-13-14(22-8-5-19-6-9-22)20-16(18)21-15(13)24(17(23)25)12-4-10-26-11-12;3-2(4,5)1(6)7/h4,10-11,19H,5-9H2,1H3;(H,6,7). The summed E-state index contributed by atoms with van der Waals surface area (Å²) in [5, 5.41) is 14.4. The van der Waals surface area contributed by atoms with E-state index >= 15 is 0 Å². The molecule has 33 heavy (non-hydrogen) atoms. The third-order valence-corrected chi connectivity index (χ3v) is 5.40. The Labute approximate surface area is 194 Å². The highest BCUT2D eigenvalue weighted by atomic mass is 35.5. The highest BCUT2D eigenvalue weighted by Gasteiger charge is 2.38. The van der Waals surface area contributed by atoms with Gasteiger partial charge in [-0.3, -0.25) is 4.57 Å². The van der Waals surface area contributed by atoms with Crippen LogP contribution < -0.4 is 15.9 Å². The lowest BCUT2D eigenvalue weighted by molar-refractivity contribution is -0.192.